The topological polar surface area (TPSA) is 64.7 Å². The molecule has 8 aromatic rings. The molecule has 0 unspecified atom stereocenters. The molecule has 1 aliphatic rings. The lowest BCUT2D eigenvalue weighted by molar-refractivity contribution is 0.618. The third-order valence-corrected chi connectivity index (χ3v) is 9.16. The first-order chi connectivity index (χ1) is 22.5. The molecule has 218 valence electrons. The van der Waals surface area contributed by atoms with Crippen molar-refractivity contribution in [3.63, 3.8) is 0 Å². The van der Waals surface area contributed by atoms with Gasteiger partial charge in [-0.2, -0.15) is 0 Å². The van der Waals surface area contributed by atoms with Crippen molar-refractivity contribution in [2.45, 2.75) is 19.3 Å². The van der Waals surface area contributed by atoms with Crippen LogP contribution in [0.4, 0.5) is 0 Å². The lowest BCUT2D eigenvalue weighted by Crippen LogP contribution is -2.15. The number of benzene rings is 6. The lowest BCUT2D eigenvalue weighted by atomic mass is 9.80. The summed E-state index contributed by atoms with van der Waals surface area (Å²) in [6, 6.07) is 45.6. The highest BCUT2D eigenvalue weighted by Gasteiger charge is 2.38. The Morgan fingerprint density at radius 2 is 1.09 bits per heavy atom. The minimum Gasteiger partial charge on any atom is -0.436 e. The number of hydrogen-bond donors (Lipinski definition) is 0. The fourth-order valence-electron chi connectivity index (χ4n) is 6.83. The molecule has 6 aromatic carbocycles. The van der Waals surface area contributed by atoms with E-state index in [-0.39, 0.29) is 5.41 Å². The van der Waals surface area contributed by atoms with Crippen molar-refractivity contribution in [1.29, 1.82) is 0 Å². The van der Waals surface area contributed by atoms with Crippen LogP contribution in [0.1, 0.15) is 25.0 Å². The first kappa shape index (κ1) is 26.5. The van der Waals surface area contributed by atoms with Crippen LogP contribution in [0, 0.1) is 0 Å². The maximum Gasteiger partial charge on any atom is 0.227 e. The number of para-hydroxylation sites is 2. The summed E-state index contributed by atoms with van der Waals surface area (Å²) in [6.45, 7) is 4.59. The van der Waals surface area contributed by atoms with Gasteiger partial charge in [-0.05, 0) is 63.4 Å². The molecule has 0 saturated carbocycles. The van der Waals surface area contributed by atoms with E-state index in [0.29, 0.717) is 23.4 Å². The maximum atomic E-state index is 6.17. The number of aromatic nitrogens is 4. The molecule has 0 bridgehead atoms. The minimum absolute atomic E-state index is 0.289. The Kier molecular flexibility index (Phi) is 5.78. The zero-order chi connectivity index (χ0) is 30.8. The van der Waals surface area contributed by atoms with Gasteiger partial charge in [-0.25, -0.2) is 19.9 Å². The predicted molar refractivity (Wildman–Crippen MR) is 184 cm³/mol. The molecule has 0 aliphatic heterocycles. The predicted octanol–water partition coefficient (Wildman–Crippen LogP) is 10.1. The average molecular weight is 593 g/mol. The number of hydrogen-bond acceptors (Lipinski definition) is 5. The fourth-order valence-corrected chi connectivity index (χ4v) is 6.83. The van der Waals surface area contributed by atoms with Gasteiger partial charge in [0.2, 0.25) is 5.89 Å². The molecule has 0 atom stereocenters. The average Bonchev–Trinajstić information content (AvgIpc) is 3.65. The van der Waals surface area contributed by atoms with Crippen LogP contribution in [0.25, 0.3) is 78.6 Å². The fraction of sp³-hybridized carbons (Fsp3) is 0.0732. The quantitative estimate of drug-likeness (QED) is 0.203. The van der Waals surface area contributed by atoms with E-state index in [9.17, 15) is 0 Å². The Hall–Kier alpha value is -5.94. The standard InChI is InChI=1S/C41H28N4O/c1-41(2)32-23-27(40-42-34-19-11-12-20-35(34)46-40)21-22-30(32)36-29-18-10-9-17-28(29)31(24-33(36)41)39-44-37(25-13-5-3-6-14-25)43-38(45-39)26-15-7-4-8-16-26/h3-24H,1-2H3. The second-order valence-electron chi connectivity index (χ2n) is 12.3. The highest BCUT2D eigenvalue weighted by molar-refractivity contribution is 6.08. The normalized spacial score (nSPS) is 13.2. The van der Waals surface area contributed by atoms with Gasteiger partial charge in [0.15, 0.2) is 23.1 Å². The van der Waals surface area contributed by atoms with Crippen LogP contribution in [-0.4, -0.2) is 19.9 Å². The smallest absolute Gasteiger partial charge is 0.227 e. The summed E-state index contributed by atoms with van der Waals surface area (Å²) < 4.78 is 6.17. The molecule has 5 heteroatoms. The van der Waals surface area contributed by atoms with Crippen molar-refractivity contribution >= 4 is 21.9 Å². The van der Waals surface area contributed by atoms with Crippen molar-refractivity contribution in [1.82, 2.24) is 19.9 Å². The molecule has 0 amide bonds. The monoisotopic (exact) mass is 592 g/mol. The highest BCUT2D eigenvalue weighted by atomic mass is 16.3. The lowest BCUT2D eigenvalue weighted by Gasteiger charge is -2.23. The Morgan fingerprint density at radius 3 is 1.78 bits per heavy atom. The van der Waals surface area contributed by atoms with Crippen LogP contribution < -0.4 is 0 Å². The molecule has 2 heterocycles. The van der Waals surface area contributed by atoms with Crippen molar-refractivity contribution in [3.05, 3.63) is 145 Å². The zero-order valence-electron chi connectivity index (χ0n) is 25.4. The molecule has 9 rings (SSSR count). The SMILES string of the molecule is CC1(C)c2cc(-c3nc4ccccc4o3)ccc2-c2c1cc(-c1nc(-c3ccccc3)nc(-c3ccccc3)n1)c1ccccc21. The Morgan fingerprint density at radius 1 is 0.478 bits per heavy atom. The van der Waals surface area contributed by atoms with E-state index >= 15 is 0 Å². The van der Waals surface area contributed by atoms with Crippen LogP contribution in [0.5, 0.6) is 0 Å². The summed E-state index contributed by atoms with van der Waals surface area (Å²) in [7, 11) is 0. The van der Waals surface area contributed by atoms with E-state index in [2.05, 4.69) is 62.4 Å². The van der Waals surface area contributed by atoms with Crippen LogP contribution >= 0.6 is 0 Å². The Labute approximate surface area is 266 Å². The summed E-state index contributed by atoms with van der Waals surface area (Å²) in [5.74, 6) is 2.60. The summed E-state index contributed by atoms with van der Waals surface area (Å²) in [5.41, 5.74) is 10.2. The number of rotatable bonds is 4. The Bertz CT molecular complexity index is 2360. The molecule has 1 aliphatic carbocycles. The second-order valence-corrected chi connectivity index (χ2v) is 12.3. The van der Waals surface area contributed by atoms with E-state index < -0.39 is 0 Å². The van der Waals surface area contributed by atoms with Crippen LogP contribution in [0.2, 0.25) is 0 Å². The molecular weight excluding hydrogens is 564 g/mol. The van der Waals surface area contributed by atoms with Gasteiger partial charge in [0.05, 0.1) is 0 Å². The molecule has 2 aromatic heterocycles. The number of oxazole rings is 1. The first-order valence-corrected chi connectivity index (χ1v) is 15.5. The summed E-state index contributed by atoms with van der Waals surface area (Å²) >= 11 is 0. The third-order valence-electron chi connectivity index (χ3n) is 9.16. The van der Waals surface area contributed by atoms with E-state index in [4.69, 9.17) is 24.4 Å². The van der Waals surface area contributed by atoms with Crippen molar-refractivity contribution in [3.8, 4) is 56.7 Å². The van der Waals surface area contributed by atoms with Crippen molar-refractivity contribution < 1.29 is 4.42 Å². The molecule has 0 fully saturated rings. The number of fused-ring (bicyclic) bond motifs is 6. The third kappa shape index (κ3) is 4.09. The molecule has 5 nitrogen and oxygen atoms in total. The van der Waals surface area contributed by atoms with Crippen molar-refractivity contribution in [2.24, 2.45) is 0 Å². The molecule has 0 spiro atoms. The van der Waals surface area contributed by atoms with Gasteiger partial charge in [-0.15, -0.1) is 0 Å². The minimum atomic E-state index is -0.289. The second kappa shape index (κ2) is 10.0. The molecule has 0 radical (unpaired) electrons. The molecule has 0 N–H and O–H groups in total. The van der Waals surface area contributed by atoms with Crippen LogP contribution in [0.15, 0.2) is 138 Å². The van der Waals surface area contributed by atoms with E-state index in [1.807, 2.05) is 84.9 Å². The molecular formula is C41H28N4O. The maximum absolute atomic E-state index is 6.17. The van der Waals surface area contributed by atoms with Gasteiger partial charge >= 0.3 is 0 Å². The summed E-state index contributed by atoms with van der Waals surface area (Å²) in [6.07, 6.45) is 0. The van der Waals surface area contributed by atoms with E-state index in [1.54, 1.807) is 0 Å². The Balaban J connectivity index is 1.26. The van der Waals surface area contributed by atoms with E-state index in [1.165, 1.54) is 27.6 Å². The van der Waals surface area contributed by atoms with Gasteiger partial charge in [0, 0.05) is 27.7 Å². The van der Waals surface area contributed by atoms with Gasteiger partial charge < -0.3 is 4.42 Å². The first-order valence-electron chi connectivity index (χ1n) is 15.5. The van der Waals surface area contributed by atoms with Crippen LogP contribution in [0.3, 0.4) is 0 Å². The molecule has 0 saturated heterocycles. The van der Waals surface area contributed by atoms with Crippen LogP contribution in [-0.2, 0) is 5.41 Å². The van der Waals surface area contributed by atoms with Crippen molar-refractivity contribution in [2.75, 3.05) is 0 Å². The molecule has 46 heavy (non-hydrogen) atoms. The van der Waals surface area contributed by atoms with Gasteiger partial charge in [-0.1, -0.05) is 117 Å². The van der Waals surface area contributed by atoms with Gasteiger partial charge in [-0.3, -0.25) is 0 Å². The van der Waals surface area contributed by atoms with Gasteiger partial charge in [0.25, 0.3) is 0 Å². The zero-order valence-corrected chi connectivity index (χ0v) is 25.4. The summed E-state index contributed by atoms with van der Waals surface area (Å²) in [5, 5.41) is 2.29. The summed E-state index contributed by atoms with van der Waals surface area (Å²) in [4.78, 5) is 19.9. The largest absolute Gasteiger partial charge is 0.436 e. The number of nitrogens with zero attached hydrogens (tertiary/aromatic N) is 4. The van der Waals surface area contributed by atoms with E-state index in [0.717, 1.165) is 38.7 Å². The van der Waals surface area contributed by atoms with Gasteiger partial charge in [0.1, 0.15) is 5.52 Å². The highest BCUT2D eigenvalue weighted by Crippen LogP contribution is 2.53.